The summed E-state index contributed by atoms with van der Waals surface area (Å²) >= 11 is 0. The van der Waals surface area contributed by atoms with Gasteiger partial charge in [-0.1, -0.05) is 24.3 Å². The lowest BCUT2D eigenvalue weighted by molar-refractivity contribution is -0.145. The number of amides is 2. The number of aliphatic hydroxyl groups excluding tert-OH is 1. The molecule has 2 amide bonds. The molecule has 0 spiro atoms. The third-order valence-electron chi connectivity index (χ3n) is 2.66. The van der Waals surface area contributed by atoms with Gasteiger partial charge in [-0.05, 0) is 11.1 Å². The van der Waals surface area contributed by atoms with Crippen molar-refractivity contribution in [1.29, 1.82) is 0 Å². The van der Waals surface area contributed by atoms with E-state index in [2.05, 4.69) is 5.32 Å². The van der Waals surface area contributed by atoms with Gasteiger partial charge in [0.1, 0.15) is 0 Å². The number of hydrogen-bond donors (Lipinski definition) is 3. The molecule has 0 saturated carbocycles. The molecule has 0 aliphatic heterocycles. The number of aliphatic hydroxyl groups is 1. The largest absolute Gasteiger partial charge is 0.395 e. The van der Waals surface area contributed by atoms with Gasteiger partial charge in [0, 0.05) is 26.7 Å². The lowest BCUT2D eigenvalue weighted by Gasteiger charge is -2.15. The standard InChI is InChI=1S/C13H19N3O3/c1-16(5-6-17)13(19)12(18)15-9-11-4-2-3-10(7-11)8-14/h2-4,7,17H,5-6,8-9,14H2,1H3,(H,15,18). The highest BCUT2D eigenvalue weighted by Crippen LogP contribution is 2.04. The zero-order valence-corrected chi connectivity index (χ0v) is 10.9. The number of carbonyl (C=O) groups is 2. The Morgan fingerprint density at radius 1 is 1.37 bits per heavy atom. The zero-order valence-electron chi connectivity index (χ0n) is 10.9. The molecule has 6 heteroatoms. The number of likely N-dealkylation sites (N-methyl/N-ethyl adjacent to an activating group) is 1. The lowest BCUT2D eigenvalue weighted by atomic mass is 10.1. The first-order chi connectivity index (χ1) is 9.08. The van der Waals surface area contributed by atoms with Crippen LogP contribution in [0.1, 0.15) is 11.1 Å². The van der Waals surface area contributed by atoms with Gasteiger partial charge >= 0.3 is 11.8 Å². The van der Waals surface area contributed by atoms with E-state index in [4.69, 9.17) is 10.8 Å². The average molecular weight is 265 g/mol. The molecule has 0 radical (unpaired) electrons. The summed E-state index contributed by atoms with van der Waals surface area (Å²) < 4.78 is 0. The maximum atomic E-state index is 11.6. The molecule has 1 rings (SSSR count). The van der Waals surface area contributed by atoms with Gasteiger partial charge in [0.25, 0.3) is 0 Å². The number of carbonyl (C=O) groups excluding carboxylic acids is 2. The summed E-state index contributed by atoms with van der Waals surface area (Å²) in [5.74, 6) is -1.35. The fourth-order valence-corrected chi connectivity index (χ4v) is 1.55. The van der Waals surface area contributed by atoms with Crippen LogP contribution in [0.5, 0.6) is 0 Å². The van der Waals surface area contributed by atoms with Crippen molar-refractivity contribution >= 4 is 11.8 Å². The monoisotopic (exact) mass is 265 g/mol. The van der Waals surface area contributed by atoms with Crippen LogP contribution in [-0.2, 0) is 22.7 Å². The first-order valence-corrected chi connectivity index (χ1v) is 6.00. The molecule has 1 aromatic rings. The van der Waals surface area contributed by atoms with Crippen molar-refractivity contribution in [3.05, 3.63) is 35.4 Å². The molecule has 0 aliphatic rings. The van der Waals surface area contributed by atoms with Gasteiger partial charge in [0.15, 0.2) is 0 Å². The van der Waals surface area contributed by atoms with E-state index in [1.807, 2.05) is 24.3 Å². The van der Waals surface area contributed by atoms with E-state index in [1.54, 1.807) is 0 Å². The summed E-state index contributed by atoms with van der Waals surface area (Å²) in [5, 5.41) is 11.2. The van der Waals surface area contributed by atoms with Crippen molar-refractivity contribution in [2.24, 2.45) is 5.73 Å². The van der Waals surface area contributed by atoms with Crippen LogP contribution in [0.4, 0.5) is 0 Å². The Kier molecular flexibility index (Phi) is 5.98. The Balaban J connectivity index is 2.51. The smallest absolute Gasteiger partial charge is 0.311 e. The highest BCUT2D eigenvalue weighted by molar-refractivity contribution is 6.34. The van der Waals surface area contributed by atoms with Crippen LogP contribution in [0, 0.1) is 0 Å². The van der Waals surface area contributed by atoms with E-state index in [1.165, 1.54) is 11.9 Å². The minimum absolute atomic E-state index is 0.134. The topological polar surface area (TPSA) is 95.7 Å². The fraction of sp³-hybridized carbons (Fsp3) is 0.385. The second-order valence-corrected chi connectivity index (χ2v) is 4.16. The van der Waals surface area contributed by atoms with Gasteiger partial charge in [-0.3, -0.25) is 9.59 Å². The molecule has 1 aromatic carbocycles. The van der Waals surface area contributed by atoms with Crippen LogP contribution in [-0.4, -0.2) is 42.0 Å². The maximum Gasteiger partial charge on any atom is 0.311 e. The van der Waals surface area contributed by atoms with Crippen LogP contribution < -0.4 is 11.1 Å². The van der Waals surface area contributed by atoms with Crippen LogP contribution in [0.3, 0.4) is 0 Å². The second kappa shape index (κ2) is 7.50. The highest BCUT2D eigenvalue weighted by atomic mass is 16.3. The molecule has 19 heavy (non-hydrogen) atoms. The molecule has 0 bridgehead atoms. The lowest BCUT2D eigenvalue weighted by Crippen LogP contribution is -2.41. The van der Waals surface area contributed by atoms with Crippen molar-refractivity contribution in [1.82, 2.24) is 10.2 Å². The van der Waals surface area contributed by atoms with Crippen LogP contribution in [0.2, 0.25) is 0 Å². The number of nitrogens with one attached hydrogen (secondary N) is 1. The van der Waals surface area contributed by atoms with Crippen molar-refractivity contribution in [3.8, 4) is 0 Å². The van der Waals surface area contributed by atoms with Gasteiger partial charge in [0.2, 0.25) is 0 Å². The summed E-state index contributed by atoms with van der Waals surface area (Å²) in [7, 11) is 1.47. The normalized spacial score (nSPS) is 10.1. The molecular weight excluding hydrogens is 246 g/mol. The van der Waals surface area contributed by atoms with E-state index in [-0.39, 0.29) is 19.7 Å². The zero-order chi connectivity index (χ0) is 14.3. The summed E-state index contributed by atoms with van der Waals surface area (Å²) in [4.78, 5) is 24.3. The van der Waals surface area contributed by atoms with Gasteiger partial charge in [-0.2, -0.15) is 0 Å². The summed E-state index contributed by atoms with van der Waals surface area (Å²) in [6.07, 6.45) is 0. The van der Waals surface area contributed by atoms with Crippen LogP contribution in [0.15, 0.2) is 24.3 Å². The summed E-state index contributed by atoms with van der Waals surface area (Å²) in [6, 6.07) is 7.47. The van der Waals surface area contributed by atoms with Gasteiger partial charge < -0.3 is 21.1 Å². The molecule has 0 fully saturated rings. The number of rotatable bonds is 5. The predicted octanol–water partition coefficient (Wildman–Crippen LogP) is -0.788. The SMILES string of the molecule is CN(CCO)C(=O)C(=O)NCc1cccc(CN)c1. The Morgan fingerprint density at radius 2 is 2.05 bits per heavy atom. The average Bonchev–Trinajstić information content (AvgIpc) is 2.44. The van der Waals surface area contributed by atoms with Crippen molar-refractivity contribution in [3.63, 3.8) is 0 Å². The fourth-order valence-electron chi connectivity index (χ4n) is 1.55. The number of hydrogen-bond acceptors (Lipinski definition) is 4. The molecular formula is C13H19N3O3. The van der Waals surface area contributed by atoms with Gasteiger partial charge in [-0.25, -0.2) is 0 Å². The predicted molar refractivity (Wildman–Crippen MR) is 70.9 cm³/mol. The minimum atomic E-state index is -0.686. The minimum Gasteiger partial charge on any atom is -0.395 e. The molecule has 0 aliphatic carbocycles. The number of benzene rings is 1. The molecule has 6 nitrogen and oxygen atoms in total. The van der Waals surface area contributed by atoms with E-state index in [9.17, 15) is 9.59 Å². The Labute approximate surface area is 112 Å². The Morgan fingerprint density at radius 3 is 2.68 bits per heavy atom. The summed E-state index contributed by atoms with van der Waals surface area (Å²) in [5.41, 5.74) is 7.38. The van der Waals surface area contributed by atoms with E-state index >= 15 is 0 Å². The molecule has 0 atom stereocenters. The van der Waals surface area contributed by atoms with E-state index < -0.39 is 11.8 Å². The van der Waals surface area contributed by atoms with Gasteiger partial charge in [0.05, 0.1) is 6.61 Å². The van der Waals surface area contributed by atoms with E-state index in [0.29, 0.717) is 6.54 Å². The van der Waals surface area contributed by atoms with Crippen LogP contribution in [0.25, 0.3) is 0 Å². The first-order valence-electron chi connectivity index (χ1n) is 6.00. The van der Waals surface area contributed by atoms with Crippen LogP contribution >= 0.6 is 0 Å². The van der Waals surface area contributed by atoms with Crippen molar-refractivity contribution < 1.29 is 14.7 Å². The molecule has 0 unspecified atom stereocenters. The quantitative estimate of drug-likeness (QED) is 0.608. The Bertz CT molecular complexity index is 449. The highest BCUT2D eigenvalue weighted by Gasteiger charge is 2.17. The summed E-state index contributed by atoms with van der Waals surface area (Å²) in [6.45, 7) is 0.661. The van der Waals surface area contributed by atoms with Gasteiger partial charge in [-0.15, -0.1) is 0 Å². The molecule has 0 saturated heterocycles. The third kappa shape index (κ3) is 4.69. The molecule has 0 aromatic heterocycles. The van der Waals surface area contributed by atoms with Crippen molar-refractivity contribution in [2.75, 3.05) is 20.2 Å². The third-order valence-corrected chi connectivity index (χ3v) is 2.66. The van der Waals surface area contributed by atoms with Crippen molar-refractivity contribution in [2.45, 2.75) is 13.1 Å². The first kappa shape index (κ1) is 15.1. The number of nitrogens with two attached hydrogens (primary N) is 1. The molecule has 104 valence electrons. The maximum absolute atomic E-state index is 11.6. The number of nitrogens with zero attached hydrogens (tertiary/aromatic N) is 1. The molecule has 0 heterocycles. The Hall–Kier alpha value is -1.92. The van der Waals surface area contributed by atoms with E-state index in [0.717, 1.165) is 11.1 Å². The molecule has 4 N–H and O–H groups in total. The second-order valence-electron chi connectivity index (χ2n) is 4.16.